The number of hydrogen-bond acceptors (Lipinski definition) is 5. The predicted octanol–water partition coefficient (Wildman–Crippen LogP) is 2.92. The summed E-state index contributed by atoms with van der Waals surface area (Å²) >= 11 is 0. The Morgan fingerprint density at radius 2 is 1.61 bits per heavy atom. The second-order valence-electron chi connectivity index (χ2n) is 6.89. The van der Waals surface area contributed by atoms with Crippen LogP contribution in [0, 0.1) is 0 Å². The number of hydrogen-bond donors (Lipinski definition) is 3. The largest absolute Gasteiger partial charge is 0.397 e. The molecular weight excluding hydrogens is 350 g/mol. The van der Waals surface area contributed by atoms with Crippen LogP contribution in [0.25, 0.3) is 0 Å². The molecule has 5 N–H and O–H groups in total. The molecule has 1 fully saturated rings. The summed E-state index contributed by atoms with van der Waals surface area (Å²) in [6.45, 7) is 9.62. The molecule has 1 aliphatic rings. The van der Waals surface area contributed by atoms with Gasteiger partial charge in [0.2, 0.25) is 0 Å². The van der Waals surface area contributed by atoms with Gasteiger partial charge in [-0.05, 0) is 49.4 Å². The third-order valence-corrected chi connectivity index (χ3v) is 4.87. The molecule has 2 aromatic carbocycles. The Bertz CT molecular complexity index is 752. The number of nitrogens with two attached hydrogens (primary N) is 2. The molecule has 1 heterocycles. The van der Waals surface area contributed by atoms with Crippen LogP contribution in [-0.2, 0) is 6.42 Å². The molecular formula is C22H33N5O. The van der Waals surface area contributed by atoms with E-state index in [0.717, 1.165) is 44.8 Å². The van der Waals surface area contributed by atoms with Gasteiger partial charge in [-0.25, -0.2) is 0 Å². The lowest BCUT2D eigenvalue weighted by Crippen LogP contribution is -2.45. The van der Waals surface area contributed by atoms with Crippen molar-refractivity contribution in [2.75, 3.05) is 56.6 Å². The van der Waals surface area contributed by atoms with E-state index < -0.39 is 0 Å². The number of likely N-dealkylation sites (N-methyl/N-ethyl adjacent to an activating group) is 1. The van der Waals surface area contributed by atoms with E-state index in [1.54, 1.807) is 18.2 Å². The maximum atomic E-state index is 12.3. The second-order valence-corrected chi connectivity index (χ2v) is 6.89. The van der Waals surface area contributed by atoms with Crippen LogP contribution in [0.3, 0.4) is 0 Å². The smallest absolute Gasteiger partial charge is 0.255 e. The molecule has 0 aromatic heterocycles. The van der Waals surface area contributed by atoms with Gasteiger partial charge in [-0.3, -0.25) is 4.79 Å². The minimum absolute atomic E-state index is 0.193. The number of benzene rings is 2. The highest BCUT2D eigenvalue weighted by Gasteiger charge is 2.13. The molecule has 0 aliphatic carbocycles. The Labute approximate surface area is 168 Å². The quantitative estimate of drug-likeness (QED) is 0.691. The van der Waals surface area contributed by atoms with Crippen molar-refractivity contribution in [2.45, 2.75) is 20.3 Å². The van der Waals surface area contributed by atoms with Crippen molar-refractivity contribution in [3.63, 3.8) is 0 Å². The van der Waals surface area contributed by atoms with Gasteiger partial charge >= 0.3 is 0 Å². The molecule has 0 saturated carbocycles. The van der Waals surface area contributed by atoms with E-state index in [1.165, 1.54) is 5.56 Å². The standard InChI is InChI=1S/C20H27N5O.C2H6/c1-24-10-12-25(13-11-24)9-8-15-2-5-17(6-3-15)23-20(26)16-4-7-18(21)19(22)14-16;1-2/h2-7,14H,8-13,21-22H2,1H3,(H,23,26);1-2H3. The molecule has 1 aliphatic heterocycles. The average Bonchev–Trinajstić information content (AvgIpc) is 2.72. The third kappa shape index (κ3) is 6.25. The average molecular weight is 384 g/mol. The van der Waals surface area contributed by atoms with E-state index >= 15 is 0 Å². The van der Waals surface area contributed by atoms with E-state index in [9.17, 15) is 4.79 Å². The van der Waals surface area contributed by atoms with Crippen LogP contribution in [0.15, 0.2) is 42.5 Å². The number of nitrogen functional groups attached to an aromatic ring is 2. The van der Waals surface area contributed by atoms with Crippen molar-refractivity contribution in [3.8, 4) is 0 Å². The van der Waals surface area contributed by atoms with Crippen LogP contribution < -0.4 is 16.8 Å². The van der Waals surface area contributed by atoms with E-state index in [1.807, 2.05) is 26.0 Å². The van der Waals surface area contributed by atoms with Crippen LogP contribution >= 0.6 is 0 Å². The maximum Gasteiger partial charge on any atom is 0.255 e. The fourth-order valence-electron chi connectivity index (χ4n) is 3.03. The summed E-state index contributed by atoms with van der Waals surface area (Å²) in [5.41, 5.74) is 14.9. The van der Waals surface area contributed by atoms with Gasteiger partial charge < -0.3 is 26.6 Å². The first-order valence-corrected chi connectivity index (χ1v) is 9.97. The Morgan fingerprint density at radius 3 is 2.21 bits per heavy atom. The van der Waals surface area contributed by atoms with Crippen molar-refractivity contribution >= 4 is 23.0 Å². The number of nitrogens with one attached hydrogen (secondary N) is 1. The zero-order chi connectivity index (χ0) is 20.5. The van der Waals surface area contributed by atoms with Crippen LogP contribution in [0.1, 0.15) is 29.8 Å². The highest BCUT2D eigenvalue weighted by atomic mass is 16.1. The summed E-state index contributed by atoms with van der Waals surface area (Å²) in [6.07, 6.45) is 1.02. The van der Waals surface area contributed by atoms with Crippen molar-refractivity contribution in [1.29, 1.82) is 0 Å². The molecule has 6 heteroatoms. The monoisotopic (exact) mass is 383 g/mol. The number of anilines is 3. The lowest BCUT2D eigenvalue weighted by atomic mass is 10.1. The SMILES string of the molecule is CC.CN1CCN(CCc2ccc(NC(=O)c3ccc(N)c(N)c3)cc2)CC1. The molecule has 1 amide bonds. The van der Waals surface area contributed by atoms with Gasteiger partial charge in [-0.2, -0.15) is 0 Å². The van der Waals surface area contributed by atoms with Crippen LogP contribution in [0.4, 0.5) is 17.1 Å². The van der Waals surface area contributed by atoms with Crippen molar-refractivity contribution in [3.05, 3.63) is 53.6 Å². The molecule has 28 heavy (non-hydrogen) atoms. The molecule has 0 spiro atoms. The fraction of sp³-hybridized carbons (Fsp3) is 0.409. The molecule has 6 nitrogen and oxygen atoms in total. The first-order chi connectivity index (χ1) is 13.5. The molecule has 0 unspecified atom stereocenters. The summed E-state index contributed by atoms with van der Waals surface area (Å²) in [5.74, 6) is -0.193. The molecule has 152 valence electrons. The molecule has 0 atom stereocenters. The van der Waals surface area contributed by atoms with Gasteiger partial charge in [0.1, 0.15) is 0 Å². The number of amides is 1. The highest BCUT2D eigenvalue weighted by molar-refractivity contribution is 6.05. The minimum Gasteiger partial charge on any atom is -0.397 e. The van der Waals surface area contributed by atoms with Crippen LogP contribution in [-0.4, -0.2) is 55.5 Å². The number of nitrogens with zero attached hydrogens (tertiary/aromatic N) is 2. The van der Waals surface area contributed by atoms with Crippen LogP contribution in [0.2, 0.25) is 0 Å². The number of piperazine rings is 1. The van der Waals surface area contributed by atoms with Gasteiger partial charge in [-0.15, -0.1) is 0 Å². The fourth-order valence-corrected chi connectivity index (χ4v) is 3.03. The van der Waals surface area contributed by atoms with E-state index in [2.05, 4.69) is 34.3 Å². The Balaban J connectivity index is 0.00000136. The normalized spacial score (nSPS) is 14.8. The van der Waals surface area contributed by atoms with Gasteiger partial charge in [0.25, 0.3) is 5.91 Å². The molecule has 0 bridgehead atoms. The first kappa shape index (κ1) is 21.7. The summed E-state index contributed by atoms with van der Waals surface area (Å²) in [6, 6.07) is 12.9. The lowest BCUT2D eigenvalue weighted by molar-refractivity contribution is 0.102. The van der Waals surface area contributed by atoms with E-state index in [0.29, 0.717) is 16.9 Å². The lowest BCUT2D eigenvalue weighted by Gasteiger charge is -2.32. The third-order valence-electron chi connectivity index (χ3n) is 4.87. The topological polar surface area (TPSA) is 87.6 Å². The Kier molecular flexibility index (Phi) is 8.29. The Hall–Kier alpha value is -2.57. The number of rotatable bonds is 5. The summed E-state index contributed by atoms with van der Waals surface area (Å²) in [5, 5.41) is 2.89. The van der Waals surface area contributed by atoms with E-state index in [4.69, 9.17) is 11.5 Å². The summed E-state index contributed by atoms with van der Waals surface area (Å²) in [4.78, 5) is 17.2. The Morgan fingerprint density at radius 1 is 0.964 bits per heavy atom. The number of carbonyl (C=O) groups is 1. The first-order valence-electron chi connectivity index (χ1n) is 9.97. The predicted molar refractivity (Wildman–Crippen MR) is 119 cm³/mol. The summed E-state index contributed by atoms with van der Waals surface area (Å²) < 4.78 is 0. The van der Waals surface area contributed by atoms with Gasteiger partial charge in [0.05, 0.1) is 11.4 Å². The van der Waals surface area contributed by atoms with Gasteiger partial charge in [0.15, 0.2) is 0 Å². The van der Waals surface area contributed by atoms with E-state index in [-0.39, 0.29) is 5.91 Å². The zero-order valence-electron chi connectivity index (χ0n) is 17.2. The zero-order valence-corrected chi connectivity index (χ0v) is 17.2. The van der Waals surface area contributed by atoms with Crippen molar-refractivity contribution in [2.24, 2.45) is 0 Å². The van der Waals surface area contributed by atoms with Crippen LogP contribution in [0.5, 0.6) is 0 Å². The molecule has 2 aromatic rings. The highest BCUT2D eigenvalue weighted by Crippen LogP contribution is 2.18. The molecule has 1 saturated heterocycles. The van der Waals surface area contributed by atoms with Crippen molar-refractivity contribution < 1.29 is 4.79 Å². The van der Waals surface area contributed by atoms with Gasteiger partial charge in [0, 0.05) is 44.0 Å². The summed E-state index contributed by atoms with van der Waals surface area (Å²) in [7, 11) is 2.17. The molecule has 0 radical (unpaired) electrons. The van der Waals surface area contributed by atoms with Crippen molar-refractivity contribution in [1.82, 2.24) is 9.80 Å². The minimum atomic E-state index is -0.193. The number of carbonyl (C=O) groups excluding carboxylic acids is 1. The second kappa shape index (κ2) is 10.7. The van der Waals surface area contributed by atoms with Gasteiger partial charge in [-0.1, -0.05) is 26.0 Å². The molecule has 3 rings (SSSR count). The maximum absolute atomic E-state index is 12.3.